The minimum atomic E-state index is -0.569. The molecule has 2 aromatic carbocycles. The van der Waals surface area contributed by atoms with Crippen molar-refractivity contribution in [3.8, 4) is 5.75 Å². The SMILES string of the molecule is Cc1cccc(C2CCCN2CC(O)COc2ccc(F)cc2)c1. The molecule has 3 nitrogen and oxygen atoms in total. The summed E-state index contributed by atoms with van der Waals surface area (Å²) in [5, 5.41) is 10.3. The van der Waals surface area contributed by atoms with Crippen molar-refractivity contribution < 1.29 is 14.2 Å². The van der Waals surface area contributed by atoms with Crippen LogP contribution in [-0.2, 0) is 0 Å². The Balaban J connectivity index is 1.55. The molecule has 0 spiro atoms. The second-order valence-electron chi connectivity index (χ2n) is 6.49. The van der Waals surface area contributed by atoms with E-state index < -0.39 is 6.10 Å². The molecule has 1 fully saturated rings. The normalized spacial score (nSPS) is 19.4. The predicted molar refractivity (Wildman–Crippen MR) is 92.6 cm³/mol. The van der Waals surface area contributed by atoms with E-state index in [0.717, 1.165) is 19.4 Å². The molecular formula is C20H24FNO2. The fourth-order valence-corrected chi connectivity index (χ4v) is 3.35. The number of aliphatic hydroxyl groups is 1. The van der Waals surface area contributed by atoms with Gasteiger partial charge in [-0.15, -0.1) is 0 Å². The maximum absolute atomic E-state index is 12.9. The largest absolute Gasteiger partial charge is 0.491 e. The quantitative estimate of drug-likeness (QED) is 0.877. The van der Waals surface area contributed by atoms with E-state index in [0.29, 0.717) is 18.3 Å². The van der Waals surface area contributed by atoms with E-state index in [1.165, 1.54) is 23.3 Å². The molecule has 2 aromatic rings. The molecule has 2 atom stereocenters. The van der Waals surface area contributed by atoms with Crippen LogP contribution in [0.25, 0.3) is 0 Å². The number of benzene rings is 2. The molecule has 0 amide bonds. The lowest BCUT2D eigenvalue weighted by Crippen LogP contribution is -2.35. The first kappa shape index (κ1) is 16.9. The van der Waals surface area contributed by atoms with Crippen molar-refractivity contribution in [3.05, 3.63) is 65.5 Å². The van der Waals surface area contributed by atoms with Gasteiger partial charge < -0.3 is 9.84 Å². The van der Waals surface area contributed by atoms with Crippen molar-refractivity contribution in [1.29, 1.82) is 0 Å². The molecule has 0 saturated carbocycles. The average Bonchev–Trinajstić information content (AvgIpc) is 3.02. The van der Waals surface area contributed by atoms with Gasteiger partial charge >= 0.3 is 0 Å². The van der Waals surface area contributed by atoms with Crippen molar-refractivity contribution in [1.82, 2.24) is 4.90 Å². The number of β-amino-alcohol motifs (C(OH)–C–C–N with tert-alkyl or cyclic N) is 1. The second-order valence-corrected chi connectivity index (χ2v) is 6.49. The summed E-state index contributed by atoms with van der Waals surface area (Å²) < 4.78 is 18.4. The van der Waals surface area contributed by atoms with Crippen molar-refractivity contribution in [2.75, 3.05) is 19.7 Å². The first-order valence-corrected chi connectivity index (χ1v) is 8.49. The smallest absolute Gasteiger partial charge is 0.123 e. The number of aliphatic hydroxyl groups excluding tert-OH is 1. The molecule has 0 radical (unpaired) electrons. The summed E-state index contributed by atoms with van der Waals surface area (Å²) in [5.74, 6) is 0.285. The van der Waals surface area contributed by atoms with Gasteiger partial charge in [-0.05, 0) is 56.1 Å². The molecule has 128 valence electrons. The topological polar surface area (TPSA) is 32.7 Å². The molecule has 0 aromatic heterocycles. The molecule has 0 aliphatic carbocycles. The van der Waals surface area contributed by atoms with Crippen LogP contribution in [0.15, 0.2) is 48.5 Å². The zero-order valence-electron chi connectivity index (χ0n) is 14.0. The maximum Gasteiger partial charge on any atom is 0.123 e. The third kappa shape index (κ3) is 4.34. The first-order chi connectivity index (χ1) is 11.6. The van der Waals surface area contributed by atoms with Gasteiger partial charge in [-0.25, -0.2) is 4.39 Å². The van der Waals surface area contributed by atoms with E-state index in [9.17, 15) is 9.50 Å². The van der Waals surface area contributed by atoms with Gasteiger partial charge in [-0.2, -0.15) is 0 Å². The van der Waals surface area contributed by atoms with Gasteiger partial charge in [0.25, 0.3) is 0 Å². The monoisotopic (exact) mass is 329 g/mol. The van der Waals surface area contributed by atoms with Crippen LogP contribution in [0.5, 0.6) is 5.75 Å². The van der Waals surface area contributed by atoms with E-state index in [1.807, 2.05) is 0 Å². The van der Waals surface area contributed by atoms with Crippen molar-refractivity contribution in [3.63, 3.8) is 0 Å². The molecule has 1 N–H and O–H groups in total. The summed E-state index contributed by atoms with van der Waals surface area (Å²) in [7, 11) is 0. The number of rotatable bonds is 6. The number of hydrogen-bond acceptors (Lipinski definition) is 3. The molecule has 0 bridgehead atoms. The van der Waals surface area contributed by atoms with Gasteiger partial charge in [0, 0.05) is 12.6 Å². The summed E-state index contributed by atoms with van der Waals surface area (Å²) in [5.41, 5.74) is 2.58. The van der Waals surface area contributed by atoms with Crippen LogP contribution < -0.4 is 4.74 Å². The van der Waals surface area contributed by atoms with Crippen LogP contribution in [0.1, 0.15) is 30.0 Å². The molecule has 1 saturated heterocycles. The lowest BCUT2D eigenvalue weighted by molar-refractivity contribution is 0.0638. The predicted octanol–water partition coefficient (Wildman–Crippen LogP) is 3.71. The van der Waals surface area contributed by atoms with Gasteiger partial charge in [-0.1, -0.05) is 29.8 Å². The first-order valence-electron chi connectivity index (χ1n) is 8.49. The van der Waals surface area contributed by atoms with Crippen molar-refractivity contribution in [2.45, 2.75) is 31.9 Å². The van der Waals surface area contributed by atoms with Gasteiger partial charge in [0.1, 0.15) is 24.3 Å². The van der Waals surface area contributed by atoms with E-state index >= 15 is 0 Å². The number of likely N-dealkylation sites (tertiary alicyclic amines) is 1. The lowest BCUT2D eigenvalue weighted by Gasteiger charge is -2.27. The fourth-order valence-electron chi connectivity index (χ4n) is 3.35. The van der Waals surface area contributed by atoms with E-state index in [2.05, 4.69) is 36.1 Å². The maximum atomic E-state index is 12.9. The Kier molecular flexibility index (Phi) is 5.48. The molecular weight excluding hydrogens is 305 g/mol. The van der Waals surface area contributed by atoms with Crippen LogP contribution in [0, 0.1) is 12.7 Å². The summed E-state index contributed by atoms with van der Waals surface area (Å²) in [6, 6.07) is 14.8. The third-order valence-corrected chi connectivity index (χ3v) is 4.49. The van der Waals surface area contributed by atoms with Gasteiger partial charge in [0.2, 0.25) is 0 Å². The molecule has 2 unspecified atom stereocenters. The molecule has 1 heterocycles. The Bertz CT molecular complexity index is 659. The van der Waals surface area contributed by atoms with Crippen LogP contribution in [0.2, 0.25) is 0 Å². The number of ether oxygens (including phenoxy) is 1. The van der Waals surface area contributed by atoms with Gasteiger partial charge in [0.15, 0.2) is 0 Å². The Morgan fingerprint density at radius 2 is 2.04 bits per heavy atom. The van der Waals surface area contributed by atoms with Crippen molar-refractivity contribution >= 4 is 0 Å². The Morgan fingerprint density at radius 3 is 2.79 bits per heavy atom. The summed E-state index contributed by atoms with van der Waals surface area (Å²) in [6.07, 6.45) is 1.69. The summed E-state index contributed by atoms with van der Waals surface area (Å²) in [4.78, 5) is 2.33. The van der Waals surface area contributed by atoms with E-state index in [4.69, 9.17) is 4.74 Å². The minimum Gasteiger partial charge on any atom is -0.491 e. The van der Waals surface area contributed by atoms with Crippen LogP contribution >= 0.6 is 0 Å². The van der Waals surface area contributed by atoms with Crippen molar-refractivity contribution in [2.24, 2.45) is 0 Å². The van der Waals surface area contributed by atoms with Crippen LogP contribution in [-0.4, -0.2) is 35.8 Å². The summed E-state index contributed by atoms with van der Waals surface area (Å²) in [6.45, 7) is 3.89. The highest BCUT2D eigenvalue weighted by atomic mass is 19.1. The minimum absolute atomic E-state index is 0.211. The van der Waals surface area contributed by atoms with Crippen LogP contribution in [0.3, 0.4) is 0 Å². The highest BCUT2D eigenvalue weighted by molar-refractivity contribution is 5.26. The van der Waals surface area contributed by atoms with Gasteiger partial charge in [0.05, 0.1) is 0 Å². The zero-order chi connectivity index (χ0) is 16.9. The number of hydrogen-bond donors (Lipinski definition) is 1. The third-order valence-electron chi connectivity index (χ3n) is 4.49. The number of halogens is 1. The lowest BCUT2D eigenvalue weighted by atomic mass is 10.0. The second kappa shape index (κ2) is 7.77. The van der Waals surface area contributed by atoms with Gasteiger partial charge in [-0.3, -0.25) is 4.90 Å². The fraction of sp³-hybridized carbons (Fsp3) is 0.400. The molecule has 24 heavy (non-hydrogen) atoms. The zero-order valence-corrected chi connectivity index (χ0v) is 14.0. The average molecular weight is 329 g/mol. The highest BCUT2D eigenvalue weighted by Crippen LogP contribution is 2.32. The standard InChI is InChI=1S/C20H24FNO2/c1-15-4-2-5-16(12-15)20-6-3-11-22(20)13-18(23)14-24-19-9-7-17(21)8-10-19/h2,4-5,7-10,12,18,20,23H,3,6,11,13-14H2,1H3. The van der Waals surface area contributed by atoms with E-state index in [-0.39, 0.29) is 12.4 Å². The Labute approximate surface area is 142 Å². The molecule has 4 heteroatoms. The van der Waals surface area contributed by atoms with E-state index in [1.54, 1.807) is 12.1 Å². The molecule has 3 rings (SSSR count). The Hall–Kier alpha value is -1.91. The Morgan fingerprint density at radius 1 is 1.25 bits per heavy atom. The molecule has 1 aliphatic heterocycles. The van der Waals surface area contributed by atoms with Crippen LogP contribution in [0.4, 0.5) is 4.39 Å². The summed E-state index contributed by atoms with van der Waals surface area (Å²) >= 11 is 0. The highest BCUT2D eigenvalue weighted by Gasteiger charge is 2.27. The molecule has 1 aliphatic rings. The number of nitrogens with zero attached hydrogens (tertiary/aromatic N) is 1. The number of aryl methyl sites for hydroxylation is 1.